The van der Waals surface area contributed by atoms with Gasteiger partial charge in [0.1, 0.15) is 24.8 Å². The van der Waals surface area contributed by atoms with Gasteiger partial charge in [-0.05, 0) is 88.1 Å². The molecule has 250 valence electrons. The molecule has 3 heterocycles. The minimum Gasteiger partial charge on any atom is -0.491 e. The zero-order valence-corrected chi connectivity index (χ0v) is 28.8. The first-order valence-corrected chi connectivity index (χ1v) is 16.8. The molecule has 0 bridgehead atoms. The first-order valence-electron chi connectivity index (χ1n) is 16.1. The standard InChI is InChI=1S/C35H42Cl2N6O4/c1-5-25(2)43-34(44)42(24-38-43)29-9-7-27(8-10-29)40-16-18-41(19-17-40)28-11-13-30(14-12-28)45-21-31-22-46-35(47-31,23-39(3)4)32-15-6-26(36)20-33(32)37/h6-15,20,24-25,31H,5,16-19,21-23H2,1-4H3/t25-,31-,35-/m1/s1. The van der Waals surface area contributed by atoms with Gasteiger partial charge < -0.3 is 28.9 Å². The fourth-order valence-electron chi connectivity index (χ4n) is 6.13. The predicted molar refractivity (Wildman–Crippen MR) is 187 cm³/mol. The highest BCUT2D eigenvalue weighted by molar-refractivity contribution is 6.35. The van der Waals surface area contributed by atoms with E-state index in [-0.39, 0.29) is 17.8 Å². The third kappa shape index (κ3) is 7.32. The monoisotopic (exact) mass is 680 g/mol. The van der Waals surface area contributed by atoms with Crippen molar-refractivity contribution in [3.05, 3.63) is 99.2 Å². The lowest BCUT2D eigenvalue weighted by Gasteiger charge is -2.37. The van der Waals surface area contributed by atoms with Gasteiger partial charge in [0, 0.05) is 48.1 Å². The highest BCUT2D eigenvalue weighted by Crippen LogP contribution is 2.40. The van der Waals surface area contributed by atoms with E-state index in [1.807, 2.05) is 56.3 Å². The zero-order valence-electron chi connectivity index (χ0n) is 27.3. The van der Waals surface area contributed by atoms with Gasteiger partial charge in [-0.1, -0.05) is 36.2 Å². The third-order valence-corrected chi connectivity index (χ3v) is 9.39. The molecule has 1 aromatic heterocycles. The van der Waals surface area contributed by atoms with Gasteiger partial charge >= 0.3 is 5.69 Å². The van der Waals surface area contributed by atoms with Gasteiger partial charge in [0.2, 0.25) is 5.79 Å². The number of piperazine rings is 1. The van der Waals surface area contributed by atoms with Crippen LogP contribution in [0.1, 0.15) is 31.9 Å². The van der Waals surface area contributed by atoms with Gasteiger partial charge in [0.05, 0.1) is 29.9 Å². The lowest BCUT2D eigenvalue weighted by Crippen LogP contribution is -2.46. The fourth-order valence-corrected chi connectivity index (χ4v) is 6.68. The summed E-state index contributed by atoms with van der Waals surface area (Å²) in [7, 11) is 3.94. The summed E-state index contributed by atoms with van der Waals surface area (Å²) in [5.74, 6) is -0.219. The van der Waals surface area contributed by atoms with Gasteiger partial charge in [0.25, 0.3) is 0 Å². The van der Waals surface area contributed by atoms with Crippen LogP contribution in [-0.4, -0.2) is 85.4 Å². The molecule has 2 fully saturated rings. The second-order valence-electron chi connectivity index (χ2n) is 12.4. The maximum atomic E-state index is 12.8. The number of nitrogens with zero attached hydrogens (tertiary/aromatic N) is 6. The molecular weight excluding hydrogens is 639 g/mol. The molecule has 47 heavy (non-hydrogen) atoms. The van der Waals surface area contributed by atoms with Crippen LogP contribution in [0.3, 0.4) is 0 Å². The molecule has 3 atom stereocenters. The van der Waals surface area contributed by atoms with Crippen molar-refractivity contribution in [2.45, 2.75) is 38.2 Å². The zero-order chi connectivity index (χ0) is 33.1. The molecule has 3 aromatic carbocycles. The molecular formula is C35H42Cl2N6O4. The Morgan fingerprint density at radius 2 is 1.57 bits per heavy atom. The number of anilines is 2. The van der Waals surface area contributed by atoms with E-state index in [1.165, 1.54) is 0 Å². The number of rotatable bonds is 11. The van der Waals surface area contributed by atoms with E-state index in [1.54, 1.807) is 27.7 Å². The average Bonchev–Trinajstić information content (AvgIpc) is 3.67. The summed E-state index contributed by atoms with van der Waals surface area (Å²) < 4.78 is 22.0. The van der Waals surface area contributed by atoms with Gasteiger partial charge in [-0.25, -0.2) is 14.0 Å². The van der Waals surface area contributed by atoms with E-state index >= 15 is 0 Å². The van der Waals surface area contributed by atoms with E-state index in [4.69, 9.17) is 37.4 Å². The Morgan fingerprint density at radius 1 is 0.957 bits per heavy atom. The Morgan fingerprint density at radius 3 is 2.17 bits per heavy atom. The predicted octanol–water partition coefficient (Wildman–Crippen LogP) is 5.85. The van der Waals surface area contributed by atoms with Crippen LogP contribution >= 0.6 is 23.2 Å². The number of hydrogen-bond donors (Lipinski definition) is 0. The van der Waals surface area contributed by atoms with Crippen LogP contribution in [0.25, 0.3) is 5.69 Å². The van der Waals surface area contributed by atoms with Gasteiger partial charge in [0.15, 0.2) is 0 Å². The molecule has 6 rings (SSSR count). The maximum Gasteiger partial charge on any atom is 0.350 e. The summed E-state index contributed by atoms with van der Waals surface area (Å²) in [6, 6.07) is 21.8. The van der Waals surface area contributed by atoms with E-state index < -0.39 is 5.79 Å². The number of halogens is 2. The molecule has 4 aromatic rings. The quantitative estimate of drug-likeness (QED) is 0.195. The molecule has 0 unspecified atom stereocenters. The molecule has 2 aliphatic rings. The van der Waals surface area contributed by atoms with Crippen LogP contribution in [0.15, 0.2) is 77.9 Å². The molecule has 2 aliphatic heterocycles. The topological polar surface area (TPSA) is 77.2 Å². The van der Waals surface area contributed by atoms with E-state index in [0.29, 0.717) is 29.8 Å². The molecule has 2 saturated heterocycles. The first kappa shape index (κ1) is 33.4. The van der Waals surface area contributed by atoms with E-state index in [0.717, 1.165) is 61.0 Å². The highest BCUT2D eigenvalue weighted by Gasteiger charge is 2.45. The summed E-state index contributed by atoms with van der Waals surface area (Å²) in [6.07, 6.45) is 2.20. The van der Waals surface area contributed by atoms with E-state index in [2.05, 4.69) is 46.1 Å². The first-order chi connectivity index (χ1) is 22.7. The lowest BCUT2D eigenvalue weighted by molar-refractivity contribution is -0.187. The van der Waals surface area contributed by atoms with Crippen LogP contribution in [0.4, 0.5) is 11.4 Å². The SMILES string of the molecule is CC[C@@H](C)n1ncn(-c2ccc(N3CCN(c4ccc(OC[C@@H]5CO[C@@](CN(C)C)(c6ccc(Cl)cc6Cl)O5)cc4)CC3)cc2)c1=O. The minimum atomic E-state index is -0.996. The van der Waals surface area contributed by atoms with Gasteiger partial charge in [-0.3, -0.25) is 0 Å². The van der Waals surface area contributed by atoms with Gasteiger partial charge in [-0.2, -0.15) is 5.10 Å². The third-order valence-electron chi connectivity index (χ3n) is 8.84. The molecule has 12 heteroatoms. The average molecular weight is 682 g/mol. The van der Waals surface area contributed by atoms with Crippen molar-refractivity contribution < 1.29 is 14.2 Å². The Balaban J connectivity index is 1.01. The second kappa shape index (κ2) is 14.3. The highest BCUT2D eigenvalue weighted by atomic mass is 35.5. The molecule has 10 nitrogen and oxygen atoms in total. The molecule has 0 saturated carbocycles. The minimum absolute atomic E-state index is 0.0699. The number of likely N-dealkylation sites (N-methyl/N-ethyl adjacent to an activating group) is 1. The van der Waals surface area contributed by atoms with Crippen LogP contribution in [-0.2, 0) is 15.3 Å². The molecule has 0 spiro atoms. The largest absolute Gasteiger partial charge is 0.491 e. The van der Waals surface area contributed by atoms with Crippen LogP contribution in [0.5, 0.6) is 5.75 Å². The van der Waals surface area contributed by atoms with Crippen molar-refractivity contribution in [3.8, 4) is 11.4 Å². The Kier molecular flexibility index (Phi) is 10.1. The summed E-state index contributed by atoms with van der Waals surface area (Å²) >= 11 is 12.7. The molecule has 0 aliphatic carbocycles. The normalized spacial score (nSPS) is 20.6. The summed E-state index contributed by atoms with van der Waals surface area (Å²) in [5, 5.41) is 5.37. The van der Waals surface area contributed by atoms with Crippen molar-refractivity contribution in [2.24, 2.45) is 0 Å². The van der Waals surface area contributed by atoms with Crippen molar-refractivity contribution in [1.82, 2.24) is 19.2 Å². The Bertz CT molecular complexity index is 1700. The van der Waals surface area contributed by atoms with Crippen molar-refractivity contribution >= 4 is 34.6 Å². The van der Waals surface area contributed by atoms with Crippen molar-refractivity contribution in [1.29, 1.82) is 0 Å². The molecule has 0 amide bonds. The number of benzene rings is 3. The van der Waals surface area contributed by atoms with Crippen molar-refractivity contribution in [2.75, 3.05) is 69.8 Å². The lowest BCUT2D eigenvalue weighted by atomic mass is 10.1. The summed E-state index contributed by atoms with van der Waals surface area (Å²) in [4.78, 5) is 19.6. The molecule has 0 N–H and O–H groups in total. The Hall–Kier alpha value is -3.54. The molecule has 0 radical (unpaired) electrons. The smallest absolute Gasteiger partial charge is 0.350 e. The van der Waals surface area contributed by atoms with E-state index in [9.17, 15) is 4.79 Å². The second-order valence-corrected chi connectivity index (χ2v) is 13.3. The maximum absolute atomic E-state index is 12.8. The number of ether oxygens (including phenoxy) is 3. The van der Waals surface area contributed by atoms with Crippen molar-refractivity contribution in [3.63, 3.8) is 0 Å². The van der Waals surface area contributed by atoms with Gasteiger partial charge in [-0.15, -0.1) is 0 Å². The fraction of sp³-hybridized carbons (Fsp3) is 0.429. The Labute approximate surface area is 285 Å². The number of aromatic nitrogens is 3. The van der Waals surface area contributed by atoms with Crippen LogP contribution in [0.2, 0.25) is 10.0 Å². The summed E-state index contributed by atoms with van der Waals surface area (Å²) in [6.45, 7) is 8.90. The van der Waals surface area contributed by atoms with Crippen LogP contribution < -0.4 is 20.2 Å². The van der Waals surface area contributed by atoms with Crippen LogP contribution in [0, 0.1) is 0 Å². The summed E-state index contributed by atoms with van der Waals surface area (Å²) in [5.41, 5.74) is 3.77. The number of hydrogen-bond acceptors (Lipinski definition) is 8.